The van der Waals surface area contributed by atoms with Crippen LogP contribution >= 0.6 is 11.8 Å². The van der Waals surface area contributed by atoms with E-state index < -0.39 is 0 Å². The summed E-state index contributed by atoms with van der Waals surface area (Å²) in [6, 6.07) is 15.9. The van der Waals surface area contributed by atoms with Gasteiger partial charge in [0.25, 0.3) is 5.91 Å². The van der Waals surface area contributed by atoms with Gasteiger partial charge in [-0.15, -0.1) is 0 Å². The number of morpholine rings is 1. The van der Waals surface area contributed by atoms with Crippen molar-refractivity contribution < 1.29 is 14.3 Å². The van der Waals surface area contributed by atoms with Crippen LogP contribution in [0.1, 0.15) is 25.8 Å². The fourth-order valence-electron chi connectivity index (χ4n) is 3.63. The zero-order valence-electron chi connectivity index (χ0n) is 18.6. The van der Waals surface area contributed by atoms with E-state index in [0.29, 0.717) is 12.3 Å². The number of carbonyl (C=O) groups is 1. The highest BCUT2D eigenvalue weighted by Crippen LogP contribution is 2.31. The monoisotopic (exact) mass is 451 g/mol. The molecular weight excluding hydrogens is 422 g/mol. The summed E-state index contributed by atoms with van der Waals surface area (Å²) in [5.41, 5.74) is 3.39. The van der Waals surface area contributed by atoms with Crippen LogP contribution in [0.25, 0.3) is 6.08 Å². The Hall–Kier alpha value is -2.77. The summed E-state index contributed by atoms with van der Waals surface area (Å²) in [6.45, 7) is 8.00. The first-order valence-corrected chi connectivity index (χ1v) is 12.1. The lowest BCUT2D eigenvalue weighted by atomic mass is 10.1. The molecule has 0 bridgehead atoms. The zero-order valence-corrected chi connectivity index (χ0v) is 19.4. The fourth-order valence-corrected chi connectivity index (χ4v) is 4.50. The van der Waals surface area contributed by atoms with Crippen LogP contribution in [0.2, 0.25) is 0 Å². The van der Waals surface area contributed by atoms with Gasteiger partial charge in [-0.05, 0) is 61.4 Å². The van der Waals surface area contributed by atoms with Crippen LogP contribution in [0.3, 0.4) is 0 Å². The van der Waals surface area contributed by atoms with E-state index in [9.17, 15) is 4.79 Å². The van der Waals surface area contributed by atoms with E-state index in [1.54, 1.807) is 16.7 Å². The van der Waals surface area contributed by atoms with Gasteiger partial charge in [0.05, 0.1) is 25.5 Å². The molecular formula is C25H29N3O3S. The number of amidine groups is 1. The Balaban J connectivity index is 1.56. The third-order valence-corrected chi connectivity index (χ3v) is 6.39. The number of thioether (sulfide) groups is 1. The minimum absolute atomic E-state index is 0.106. The van der Waals surface area contributed by atoms with Gasteiger partial charge >= 0.3 is 0 Å². The van der Waals surface area contributed by atoms with Crippen molar-refractivity contribution in [3.05, 3.63) is 59.8 Å². The van der Waals surface area contributed by atoms with E-state index in [0.717, 1.165) is 60.6 Å². The number of amides is 1. The van der Waals surface area contributed by atoms with Gasteiger partial charge in [0.1, 0.15) is 11.4 Å². The van der Waals surface area contributed by atoms with Crippen molar-refractivity contribution in [2.75, 3.05) is 48.5 Å². The molecule has 1 saturated heterocycles. The van der Waals surface area contributed by atoms with E-state index in [1.807, 2.05) is 49.4 Å². The number of rotatable bonds is 7. The second-order valence-corrected chi connectivity index (χ2v) is 8.59. The maximum Gasteiger partial charge on any atom is 0.283 e. The second kappa shape index (κ2) is 10.7. The maximum absolute atomic E-state index is 13.3. The number of benzene rings is 2. The average Bonchev–Trinajstić information content (AvgIpc) is 3.14. The van der Waals surface area contributed by atoms with E-state index in [-0.39, 0.29) is 5.91 Å². The van der Waals surface area contributed by atoms with Gasteiger partial charge in [-0.3, -0.25) is 9.69 Å². The minimum atomic E-state index is -0.106. The highest BCUT2D eigenvalue weighted by Gasteiger charge is 2.31. The van der Waals surface area contributed by atoms with E-state index in [4.69, 9.17) is 9.47 Å². The van der Waals surface area contributed by atoms with Crippen molar-refractivity contribution in [1.82, 2.24) is 0 Å². The molecule has 1 fully saturated rings. The Labute approximate surface area is 193 Å². The second-order valence-electron chi connectivity index (χ2n) is 7.53. The summed E-state index contributed by atoms with van der Waals surface area (Å²) in [6.07, 6.45) is 2.88. The molecule has 2 aromatic carbocycles. The molecule has 0 radical (unpaired) electrons. The van der Waals surface area contributed by atoms with Gasteiger partial charge < -0.3 is 14.4 Å². The lowest BCUT2D eigenvalue weighted by Gasteiger charge is -2.28. The molecule has 7 heteroatoms. The predicted molar refractivity (Wildman–Crippen MR) is 133 cm³/mol. The summed E-state index contributed by atoms with van der Waals surface area (Å²) in [7, 11) is 0. The van der Waals surface area contributed by atoms with Crippen molar-refractivity contribution in [2.24, 2.45) is 4.99 Å². The number of nitrogens with zero attached hydrogens (tertiary/aromatic N) is 3. The molecule has 2 aliphatic rings. The lowest BCUT2D eigenvalue weighted by Crippen LogP contribution is -2.36. The molecule has 6 nitrogen and oxygen atoms in total. The smallest absolute Gasteiger partial charge is 0.283 e. The van der Waals surface area contributed by atoms with Crippen LogP contribution in [-0.2, 0) is 9.53 Å². The van der Waals surface area contributed by atoms with Crippen LogP contribution in [0.5, 0.6) is 5.75 Å². The van der Waals surface area contributed by atoms with Crippen molar-refractivity contribution in [3.63, 3.8) is 0 Å². The summed E-state index contributed by atoms with van der Waals surface area (Å²) >= 11 is 1.61. The zero-order chi connectivity index (χ0) is 22.3. The third-order valence-electron chi connectivity index (χ3n) is 5.24. The number of hydrogen-bond acceptors (Lipinski definition) is 6. The van der Waals surface area contributed by atoms with Crippen LogP contribution in [-0.4, -0.2) is 49.7 Å². The molecule has 2 aromatic rings. The summed E-state index contributed by atoms with van der Waals surface area (Å²) in [5, 5.41) is 0.720. The van der Waals surface area contributed by atoms with Crippen LogP contribution in [0.4, 0.5) is 11.4 Å². The Bertz CT molecular complexity index is 980. The average molecular weight is 452 g/mol. The van der Waals surface area contributed by atoms with Gasteiger partial charge in [0.15, 0.2) is 5.17 Å². The van der Waals surface area contributed by atoms with E-state index in [2.05, 4.69) is 28.9 Å². The molecule has 0 atom stereocenters. The first-order chi connectivity index (χ1) is 15.7. The third kappa shape index (κ3) is 5.16. The SMILES string of the molecule is CCCSC1=NC(=Cc2ccc(N3CCOCC3)cc2)C(=O)N1c1ccc(OCC)cc1. The van der Waals surface area contributed by atoms with Crippen molar-refractivity contribution in [1.29, 1.82) is 0 Å². The number of carbonyl (C=O) groups excluding carboxylic acids is 1. The van der Waals surface area contributed by atoms with Crippen LogP contribution in [0.15, 0.2) is 59.2 Å². The Kier molecular flexibility index (Phi) is 7.50. The maximum atomic E-state index is 13.3. The molecule has 168 valence electrons. The van der Waals surface area contributed by atoms with Gasteiger partial charge in [0.2, 0.25) is 0 Å². The first-order valence-electron chi connectivity index (χ1n) is 11.1. The molecule has 4 rings (SSSR count). The summed E-state index contributed by atoms with van der Waals surface area (Å²) in [4.78, 5) is 22.0. The summed E-state index contributed by atoms with van der Waals surface area (Å²) < 4.78 is 11.0. The standard InChI is InChI=1S/C25H29N3O3S/c1-3-17-32-25-26-23(24(29)28(25)21-9-11-22(12-10-21)31-4-2)18-19-5-7-20(8-6-19)27-13-15-30-16-14-27/h5-12,18H,3-4,13-17H2,1-2H3. The van der Waals surface area contributed by atoms with Crippen LogP contribution < -0.4 is 14.5 Å². The van der Waals surface area contributed by atoms with Gasteiger partial charge in [-0.25, -0.2) is 4.99 Å². The van der Waals surface area contributed by atoms with Crippen molar-refractivity contribution in [3.8, 4) is 5.75 Å². The topological polar surface area (TPSA) is 54.4 Å². The number of anilines is 2. The number of hydrogen-bond donors (Lipinski definition) is 0. The van der Waals surface area contributed by atoms with Crippen molar-refractivity contribution >= 4 is 40.3 Å². The molecule has 0 aliphatic carbocycles. The Morgan fingerprint density at radius 3 is 2.38 bits per heavy atom. The minimum Gasteiger partial charge on any atom is -0.494 e. The van der Waals surface area contributed by atoms with Crippen LogP contribution in [0, 0.1) is 0 Å². The lowest BCUT2D eigenvalue weighted by molar-refractivity contribution is -0.113. The highest BCUT2D eigenvalue weighted by atomic mass is 32.2. The van der Waals surface area contributed by atoms with Gasteiger partial charge in [-0.2, -0.15) is 0 Å². The number of aliphatic imine (C=N–C) groups is 1. The molecule has 0 N–H and O–H groups in total. The van der Waals surface area contributed by atoms with Gasteiger partial charge in [0, 0.05) is 24.5 Å². The quantitative estimate of drug-likeness (QED) is 0.566. The molecule has 32 heavy (non-hydrogen) atoms. The summed E-state index contributed by atoms with van der Waals surface area (Å²) in [5.74, 6) is 1.59. The molecule has 2 aliphatic heterocycles. The Morgan fingerprint density at radius 2 is 1.72 bits per heavy atom. The van der Waals surface area contributed by atoms with Crippen molar-refractivity contribution in [2.45, 2.75) is 20.3 Å². The Morgan fingerprint density at radius 1 is 1.03 bits per heavy atom. The molecule has 0 aromatic heterocycles. The van der Waals surface area contributed by atoms with E-state index in [1.165, 1.54) is 5.69 Å². The number of ether oxygens (including phenoxy) is 2. The predicted octanol–water partition coefficient (Wildman–Crippen LogP) is 4.81. The molecule has 2 heterocycles. The van der Waals surface area contributed by atoms with Gasteiger partial charge in [-0.1, -0.05) is 30.8 Å². The molecule has 0 saturated carbocycles. The molecule has 0 unspecified atom stereocenters. The first kappa shape index (κ1) is 22.4. The normalized spacial score (nSPS) is 17.8. The fraction of sp³-hybridized carbons (Fsp3) is 0.360. The molecule has 1 amide bonds. The van der Waals surface area contributed by atoms with E-state index >= 15 is 0 Å². The highest BCUT2D eigenvalue weighted by molar-refractivity contribution is 8.14. The largest absolute Gasteiger partial charge is 0.494 e. The molecule has 0 spiro atoms.